The zero-order valence-electron chi connectivity index (χ0n) is 18.6. The highest BCUT2D eigenvalue weighted by atomic mass is 19.4. The van der Waals surface area contributed by atoms with Gasteiger partial charge in [-0.1, -0.05) is 48.5 Å². The Morgan fingerprint density at radius 3 is 1.88 bits per heavy atom. The average Bonchev–Trinajstić information content (AvgIpc) is 2.87. The van der Waals surface area contributed by atoms with Crippen molar-refractivity contribution in [2.24, 2.45) is 0 Å². The first-order valence-corrected chi connectivity index (χ1v) is 7.08. The molecule has 24 heavy (non-hydrogen) atoms. The van der Waals surface area contributed by atoms with Crippen molar-refractivity contribution in [1.29, 1.82) is 0 Å². The molecule has 2 aromatic rings. The summed E-state index contributed by atoms with van der Waals surface area (Å²) in [5.41, 5.74) is -4.44. The molecule has 5 heteroatoms. The third-order valence-electron chi connectivity index (χ3n) is 4.40. The quantitative estimate of drug-likeness (QED) is 0.730. The maximum absolute atomic E-state index is 13.1. The fourth-order valence-corrected chi connectivity index (χ4v) is 3.13. The number of hydrogen-bond donors (Lipinski definition) is 0. The third kappa shape index (κ3) is 2.22. The largest absolute Gasteiger partial charge is 0.490 e. The lowest BCUT2D eigenvalue weighted by atomic mass is 9.68. The van der Waals surface area contributed by atoms with Crippen LogP contribution in [0.3, 0.4) is 0 Å². The summed E-state index contributed by atoms with van der Waals surface area (Å²) in [7, 11) is 0. The Morgan fingerprint density at radius 1 is 1.00 bits per heavy atom. The number of alkyl halides is 3. The molecule has 1 aliphatic carbocycles. The van der Waals surface area contributed by atoms with Crippen LogP contribution in [0.5, 0.6) is 0 Å². The molecule has 0 bridgehead atoms. The van der Waals surface area contributed by atoms with Crippen molar-refractivity contribution in [3.05, 3.63) is 59.7 Å². The molecule has 3 rings (SSSR count). The van der Waals surface area contributed by atoms with E-state index in [-0.39, 0.29) is 11.1 Å². The predicted octanol–water partition coefficient (Wildman–Crippen LogP) is 4.86. The smallest absolute Gasteiger partial charge is 0.452 e. The predicted molar refractivity (Wildman–Crippen MR) is 84.6 cm³/mol. The van der Waals surface area contributed by atoms with Gasteiger partial charge in [-0.3, -0.25) is 0 Å². The van der Waals surface area contributed by atoms with Crippen LogP contribution in [0.2, 0.25) is 0 Å². The van der Waals surface area contributed by atoms with Gasteiger partial charge in [0, 0.05) is 8.22 Å². The molecule has 126 valence electrons. The van der Waals surface area contributed by atoms with E-state index in [1.54, 1.807) is 24.3 Å². The van der Waals surface area contributed by atoms with E-state index in [2.05, 4.69) is 4.74 Å². The molecule has 0 saturated carbocycles. The van der Waals surface area contributed by atoms with Crippen LogP contribution < -0.4 is 0 Å². The zero-order valence-corrected chi connectivity index (χ0v) is 12.6. The molecule has 0 fully saturated rings. The van der Waals surface area contributed by atoms with Gasteiger partial charge in [-0.15, -0.1) is 0 Å². The van der Waals surface area contributed by atoms with Crippen molar-refractivity contribution in [2.75, 3.05) is 0 Å². The lowest BCUT2D eigenvalue weighted by molar-refractivity contribution is -0.215. The van der Waals surface area contributed by atoms with Gasteiger partial charge in [0.2, 0.25) is 0 Å². The molecule has 0 aliphatic heterocycles. The van der Waals surface area contributed by atoms with Gasteiger partial charge in [-0.25, -0.2) is 4.79 Å². The Labute approximate surface area is 146 Å². The Morgan fingerprint density at radius 2 is 1.46 bits per heavy atom. The number of fused-ring (bicyclic) bond motifs is 3. The number of hydrogen-bond acceptors (Lipinski definition) is 2. The Balaban J connectivity index is 2.47. The molecule has 0 heterocycles. The van der Waals surface area contributed by atoms with Crippen molar-refractivity contribution < 1.29 is 30.9 Å². The number of esters is 1. The highest BCUT2D eigenvalue weighted by Gasteiger charge is 2.54. The molecule has 0 unspecified atom stereocenters. The maximum Gasteiger partial charge on any atom is 0.490 e. The Bertz CT molecular complexity index is 935. The van der Waals surface area contributed by atoms with Crippen LogP contribution in [0.1, 0.15) is 40.0 Å². The van der Waals surface area contributed by atoms with E-state index in [1.165, 1.54) is 31.2 Å². The van der Waals surface area contributed by atoms with Gasteiger partial charge in [0.15, 0.2) is 0 Å². The molecule has 1 aliphatic rings. The van der Waals surface area contributed by atoms with Crippen LogP contribution >= 0.6 is 0 Å². The van der Waals surface area contributed by atoms with E-state index < -0.39 is 36.9 Å². The second kappa shape index (κ2) is 5.10. The number of rotatable bonds is 2. The molecular formula is C19H17F3O2. The van der Waals surface area contributed by atoms with Crippen molar-refractivity contribution >= 4 is 5.97 Å². The Kier molecular flexibility index (Phi) is 2.24. The van der Waals surface area contributed by atoms with Crippen LogP contribution in [0, 0.1) is 0 Å². The van der Waals surface area contributed by atoms with Crippen LogP contribution in [0.25, 0.3) is 11.1 Å². The highest BCUT2D eigenvalue weighted by molar-refractivity contribution is 5.82. The zero-order chi connectivity index (χ0) is 22.8. The number of carbonyl (C=O) groups is 1. The minimum Gasteiger partial charge on any atom is -0.452 e. The minimum absolute atomic E-state index is 0.147. The molecule has 0 saturated heterocycles. The SMILES string of the molecule is [2H]C([2H])([2H])C(OC(=O)C(F)(F)F)(C([2H])([2H])[2H])C1(C)c2ccccc2-c2ccccc21. The molecule has 2 nitrogen and oxygen atoms in total. The molecule has 0 atom stereocenters. The first kappa shape index (κ1) is 10.5. The maximum atomic E-state index is 13.1. The van der Waals surface area contributed by atoms with Gasteiger partial charge in [0.25, 0.3) is 0 Å². The van der Waals surface area contributed by atoms with Gasteiger partial charge in [0.1, 0.15) is 5.60 Å². The van der Waals surface area contributed by atoms with Gasteiger partial charge >= 0.3 is 12.1 Å². The fourth-order valence-electron chi connectivity index (χ4n) is 3.13. The summed E-state index contributed by atoms with van der Waals surface area (Å²) in [6.45, 7) is -6.09. The van der Waals surface area contributed by atoms with Gasteiger partial charge in [-0.05, 0) is 42.9 Å². The molecule has 2 aromatic carbocycles. The monoisotopic (exact) mass is 340 g/mol. The number of benzene rings is 2. The topological polar surface area (TPSA) is 26.3 Å². The molecule has 0 amide bonds. The normalized spacial score (nSPS) is 20.3. The number of halogens is 3. The van der Waals surface area contributed by atoms with Crippen molar-refractivity contribution in [1.82, 2.24) is 0 Å². The van der Waals surface area contributed by atoms with E-state index in [1.807, 2.05) is 0 Å². The van der Waals surface area contributed by atoms with Crippen molar-refractivity contribution in [2.45, 2.75) is 37.8 Å². The molecule has 0 radical (unpaired) electrons. The second-order valence-electron chi connectivity index (χ2n) is 5.78. The summed E-state index contributed by atoms with van der Waals surface area (Å²) in [5.74, 6) is -2.88. The van der Waals surface area contributed by atoms with E-state index in [4.69, 9.17) is 8.22 Å². The summed E-state index contributed by atoms with van der Waals surface area (Å²) in [6.07, 6.45) is -5.59. The second-order valence-corrected chi connectivity index (χ2v) is 5.78. The molecular weight excluding hydrogens is 317 g/mol. The lowest BCUT2D eigenvalue weighted by Crippen LogP contribution is -2.50. The highest BCUT2D eigenvalue weighted by Crippen LogP contribution is 2.54. The van der Waals surface area contributed by atoms with E-state index in [0.717, 1.165) is 0 Å². The summed E-state index contributed by atoms with van der Waals surface area (Å²) in [4.78, 5) is 11.8. The van der Waals surface area contributed by atoms with Gasteiger partial charge < -0.3 is 4.74 Å². The molecule has 0 spiro atoms. The van der Waals surface area contributed by atoms with Gasteiger partial charge in [-0.2, -0.15) is 13.2 Å². The lowest BCUT2D eigenvalue weighted by Gasteiger charge is -2.42. The standard InChI is InChI=1S/C19H17F3O2/c1-17(2,24-16(23)19(20,21)22)18(3)14-10-6-4-8-12(14)13-9-5-7-11-15(13)18/h4-11H,1-3H3/i1D3,2D3. The third-order valence-corrected chi connectivity index (χ3v) is 4.40. The summed E-state index contributed by atoms with van der Waals surface area (Å²) < 4.78 is 91.8. The van der Waals surface area contributed by atoms with Crippen molar-refractivity contribution in [3.8, 4) is 11.1 Å². The van der Waals surface area contributed by atoms with Crippen molar-refractivity contribution in [3.63, 3.8) is 0 Å². The first-order valence-electron chi connectivity index (χ1n) is 10.1. The van der Waals surface area contributed by atoms with Crippen LogP contribution in [0.4, 0.5) is 13.2 Å². The van der Waals surface area contributed by atoms with Crippen LogP contribution in [0.15, 0.2) is 48.5 Å². The number of carbonyl (C=O) groups excluding carboxylic acids is 1. The van der Waals surface area contributed by atoms with E-state index >= 15 is 0 Å². The van der Waals surface area contributed by atoms with E-state index in [0.29, 0.717) is 11.1 Å². The van der Waals surface area contributed by atoms with Gasteiger partial charge in [0.05, 0.1) is 5.41 Å². The molecule has 0 aromatic heterocycles. The molecule has 0 N–H and O–H groups in total. The summed E-state index contributed by atoms with van der Waals surface area (Å²) >= 11 is 0. The first-order chi connectivity index (χ1) is 13.6. The average molecular weight is 340 g/mol. The summed E-state index contributed by atoms with van der Waals surface area (Å²) in [6, 6.07) is 12.4. The van der Waals surface area contributed by atoms with Crippen LogP contribution in [-0.2, 0) is 14.9 Å². The summed E-state index contributed by atoms with van der Waals surface area (Å²) in [5, 5.41) is 0. The minimum atomic E-state index is -5.59. The fraction of sp³-hybridized carbons (Fsp3) is 0.316. The Hall–Kier alpha value is -2.30. The number of ether oxygens (including phenoxy) is 1. The van der Waals surface area contributed by atoms with E-state index in [9.17, 15) is 18.0 Å². The van der Waals surface area contributed by atoms with Crippen LogP contribution in [-0.4, -0.2) is 17.7 Å².